The molecule has 0 bridgehead atoms. The van der Waals surface area contributed by atoms with Crippen LogP contribution in [0.3, 0.4) is 0 Å². The van der Waals surface area contributed by atoms with Crippen LogP contribution in [-0.4, -0.2) is 37.2 Å². The molecule has 0 radical (unpaired) electrons. The minimum Gasteiger partial charge on any atom is -0.476 e. The van der Waals surface area contributed by atoms with E-state index < -0.39 is 24.4 Å². The van der Waals surface area contributed by atoms with Gasteiger partial charge >= 0.3 is 12.1 Å². The Labute approximate surface area is 104 Å². The van der Waals surface area contributed by atoms with Crippen molar-refractivity contribution in [2.24, 2.45) is 0 Å². The quantitative estimate of drug-likeness (QED) is 0.917. The van der Waals surface area contributed by atoms with Crippen molar-refractivity contribution in [3.05, 3.63) is 30.1 Å². The molecular weight excluding hydrogens is 265 g/mol. The van der Waals surface area contributed by atoms with E-state index in [1.165, 1.54) is 18.3 Å². The van der Waals surface area contributed by atoms with Gasteiger partial charge < -0.3 is 5.11 Å². The van der Waals surface area contributed by atoms with Gasteiger partial charge in [-0.05, 0) is 12.1 Å². The molecule has 1 N–H and O–H groups in total. The standard InChI is InChI=1S/C10H7F3N4O2/c11-10(12,13)5-17-8(6-3-1-2-4-14-6)7(9(18)19)15-16-17/h1-4H,5H2,(H,18,19). The molecule has 6 nitrogen and oxygen atoms in total. The zero-order valence-electron chi connectivity index (χ0n) is 9.29. The molecule has 2 aromatic rings. The molecule has 0 atom stereocenters. The fraction of sp³-hybridized carbons (Fsp3) is 0.200. The van der Waals surface area contributed by atoms with Crippen molar-refractivity contribution in [1.82, 2.24) is 20.0 Å². The third kappa shape index (κ3) is 2.87. The molecule has 0 saturated carbocycles. The van der Waals surface area contributed by atoms with Gasteiger partial charge in [0, 0.05) is 6.20 Å². The summed E-state index contributed by atoms with van der Waals surface area (Å²) in [5.74, 6) is -1.46. The van der Waals surface area contributed by atoms with Gasteiger partial charge in [0.1, 0.15) is 12.2 Å². The zero-order chi connectivity index (χ0) is 14.0. The summed E-state index contributed by atoms with van der Waals surface area (Å²) in [7, 11) is 0. The number of hydrogen-bond acceptors (Lipinski definition) is 4. The summed E-state index contributed by atoms with van der Waals surface area (Å²) < 4.78 is 37.7. The average Bonchev–Trinajstić information content (AvgIpc) is 2.71. The van der Waals surface area contributed by atoms with Crippen LogP contribution in [0.25, 0.3) is 11.4 Å². The van der Waals surface area contributed by atoms with Gasteiger partial charge in [-0.25, -0.2) is 9.48 Å². The molecule has 0 aliphatic carbocycles. The lowest BCUT2D eigenvalue weighted by molar-refractivity contribution is -0.142. The number of pyridine rings is 1. The van der Waals surface area contributed by atoms with E-state index in [0.717, 1.165) is 0 Å². The molecule has 2 rings (SSSR count). The first-order chi connectivity index (χ1) is 8.88. The van der Waals surface area contributed by atoms with Crippen molar-refractivity contribution < 1.29 is 23.1 Å². The number of aromatic nitrogens is 4. The topological polar surface area (TPSA) is 80.9 Å². The van der Waals surface area contributed by atoms with E-state index in [-0.39, 0.29) is 11.4 Å². The fourth-order valence-corrected chi connectivity index (χ4v) is 1.49. The molecule has 0 amide bonds. The second-order valence-electron chi connectivity index (χ2n) is 3.58. The SMILES string of the molecule is O=C(O)c1nnn(CC(F)(F)F)c1-c1ccccn1. The number of aromatic carboxylic acids is 1. The Kier molecular flexibility index (Phi) is 3.19. The van der Waals surface area contributed by atoms with Crippen LogP contribution in [0.15, 0.2) is 24.4 Å². The van der Waals surface area contributed by atoms with Crippen LogP contribution in [0.2, 0.25) is 0 Å². The van der Waals surface area contributed by atoms with E-state index in [4.69, 9.17) is 5.11 Å². The number of carboxylic acid groups (broad SMARTS) is 1. The summed E-state index contributed by atoms with van der Waals surface area (Å²) in [6.45, 7) is -1.43. The predicted molar refractivity (Wildman–Crippen MR) is 56.3 cm³/mol. The lowest BCUT2D eigenvalue weighted by Crippen LogP contribution is -2.20. The molecule has 0 aliphatic rings. The monoisotopic (exact) mass is 272 g/mol. The van der Waals surface area contributed by atoms with E-state index in [9.17, 15) is 18.0 Å². The summed E-state index contributed by atoms with van der Waals surface area (Å²) >= 11 is 0. The van der Waals surface area contributed by atoms with E-state index in [0.29, 0.717) is 4.68 Å². The number of halogens is 3. The summed E-state index contributed by atoms with van der Waals surface area (Å²) in [6, 6.07) is 4.47. The molecule has 0 unspecified atom stereocenters. The van der Waals surface area contributed by atoms with Crippen LogP contribution in [0.5, 0.6) is 0 Å². The molecule has 0 fully saturated rings. The maximum atomic E-state index is 12.4. The lowest BCUT2D eigenvalue weighted by atomic mass is 10.2. The minimum absolute atomic E-state index is 0.0640. The smallest absolute Gasteiger partial charge is 0.408 e. The summed E-state index contributed by atoms with van der Waals surface area (Å²) in [5, 5.41) is 15.4. The first-order valence-electron chi connectivity index (χ1n) is 5.03. The molecule has 0 aromatic carbocycles. The van der Waals surface area contributed by atoms with Gasteiger partial charge in [-0.2, -0.15) is 13.2 Å². The van der Waals surface area contributed by atoms with Crippen molar-refractivity contribution in [1.29, 1.82) is 0 Å². The third-order valence-electron chi connectivity index (χ3n) is 2.17. The highest BCUT2D eigenvalue weighted by molar-refractivity contribution is 5.92. The highest BCUT2D eigenvalue weighted by atomic mass is 19.4. The fourth-order valence-electron chi connectivity index (χ4n) is 1.49. The highest BCUT2D eigenvalue weighted by Gasteiger charge is 2.32. The second kappa shape index (κ2) is 4.67. The molecule has 2 heterocycles. The van der Waals surface area contributed by atoms with Crippen LogP contribution in [0.1, 0.15) is 10.5 Å². The molecule has 19 heavy (non-hydrogen) atoms. The third-order valence-corrected chi connectivity index (χ3v) is 2.17. The Morgan fingerprint density at radius 3 is 2.63 bits per heavy atom. The second-order valence-corrected chi connectivity index (χ2v) is 3.58. The molecule has 0 saturated heterocycles. The van der Waals surface area contributed by atoms with Crippen LogP contribution >= 0.6 is 0 Å². The molecule has 100 valence electrons. The zero-order valence-corrected chi connectivity index (χ0v) is 9.29. The van der Waals surface area contributed by atoms with Crippen LogP contribution in [0, 0.1) is 0 Å². The average molecular weight is 272 g/mol. The van der Waals surface area contributed by atoms with Gasteiger partial charge in [0.2, 0.25) is 0 Å². The van der Waals surface area contributed by atoms with Gasteiger partial charge in [-0.15, -0.1) is 5.10 Å². The van der Waals surface area contributed by atoms with E-state index in [1.807, 2.05) is 0 Å². The summed E-state index contributed by atoms with van der Waals surface area (Å²) in [5.41, 5.74) is -0.775. The van der Waals surface area contributed by atoms with Crippen molar-refractivity contribution >= 4 is 5.97 Å². The molecule has 9 heteroatoms. The van der Waals surface area contributed by atoms with Gasteiger partial charge in [-0.3, -0.25) is 4.98 Å². The van der Waals surface area contributed by atoms with Crippen LogP contribution in [0.4, 0.5) is 13.2 Å². The Morgan fingerprint density at radius 1 is 1.37 bits per heavy atom. The molecule has 0 aliphatic heterocycles. The number of nitrogens with zero attached hydrogens (tertiary/aromatic N) is 4. The largest absolute Gasteiger partial charge is 0.476 e. The van der Waals surface area contributed by atoms with Crippen molar-refractivity contribution in [2.45, 2.75) is 12.7 Å². The summed E-state index contributed by atoms with van der Waals surface area (Å²) in [6.07, 6.45) is -3.20. The van der Waals surface area contributed by atoms with Gasteiger partial charge in [0.05, 0.1) is 5.69 Å². The van der Waals surface area contributed by atoms with Crippen LogP contribution < -0.4 is 0 Å². The Balaban J connectivity index is 2.55. The maximum Gasteiger partial charge on any atom is 0.408 e. The van der Waals surface area contributed by atoms with Crippen molar-refractivity contribution in [3.8, 4) is 11.4 Å². The lowest BCUT2D eigenvalue weighted by Gasteiger charge is -2.09. The number of rotatable bonds is 3. The highest BCUT2D eigenvalue weighted by Crippen LogP contribution is 2.24. The predicted octanol–water partition coefficient (Wildman–Crippen LogP) is 1.60. The number of alkyl halides is 3. The first-order valence-corrected chi connectivity index (χ1v) is 5.03. The van der Waals surface area contributed by atoms with Gasteiger partial charge in [0.15, 0.2) is 5.69 Å². The van der Waals surface area contributed by atoms with E-state index in [1.54, 1.807) is 6.07 Å². The number of hydrogen-bond donors (Lipinski definition) is 1. The van der Waals surface area contributed by atoms with Crippen molar-refractivity contribution in [2.75, 3.05) is 0 Å². The minimum atomic E-state index is -4.53. The number of carbonyl (C=O) groups is 1. The number of carboxylic acids is 1. The van der Waals surface area contributed by atoms with E-state index in [2.05, 4.69) is 15.3 Å². The Morgan fingerprint density at radius 2 is 2.11 bits per heavy atom. The molecule has 2 aromatic heterocycles. The normalized spacial score (nSPS) is 11.5. The van der Waals surface area contributed by atoms with Gasteiger partial charge in [0.25, 0.3) is 0 Å². The summed E-state index contributed by atoms with van der Waals surface area (Å²) in [4.78, 5) is 14.8. The van der Waals surface area contributed by atoms with Crippen molar-refractivity contribution in [3.63, 3.8) is 0 Å². The van der Waals surface area contributed by atoms with Gasteiger partial charge in [-0.1, -0.05) is 11.3 Å². The maximum absolute atomic E-state index is 12.4. The van der Waals surface area contributed by atoms with E-state index >= 15 is 0 Å². The Hall–Kier alpha value is -2.45. The molecule has 0 spiro atoms. The molecular formula is C10H7F3N4O2. The Bertz CT molecular complexity index is 595. The van der Waals surface area contributed by atoms with Crippen LogP contribution in [-0.2, 0) is 6.54 Å². The first kappa shape index (κ1) is 13.0.